The molecular formula is C4H6BO5. The van der Waals surface area contributed by atoms with E-state index in [1.54, 1.807) is 0 Å². The number of aliphatic carboxylic acids is 2. The highest BCUT2D eigenvalue weighted by Crippen LogP contribution is 1.73. The van der Waals surface area contributed by atoms with Gasteiger partial charge in [-0.1, -0.05) is 0 Å². The average molecular weight is 145 g/mol. The minimum absolute atomic E-state index is 0. The summed E-state index contributed by atoms with van der Waals surface area (Å²) in [5.41, 5.74) is 0. The third-order valence-corrected chi connectivity index (χ3v) is 0.451. The molecule has 0 aromatic carbocycles. The molecule has 0 saturated heterocycles. The molecule has 0 aliphatic heterocycles. The highest BCUT2D eigenvalue weighted by Gasteiger charge is 1.98. The van der Waals surface area contributed by atoms with Crippen LogP contribution in [0.15, 0.2) is 0 Å². The number of ether oxygens (including phenoxy) is 1. The van der Waals surface area contributed by atoms with Crippen molar-refractivity contribution in [2.75, 3.05) is 13.2 Å². The summed E-state index contributed by atoms with van der Waals surface area (Å²) in [6.07, 6.45) is 0. The van der Waals surface area contributed by atoms with Crippen LogP contribution in [0.5, 0.6) is 0 Å². The van der Waals surface area contributed by atoms with Crippen molar-refractivity contribution in [1.29, 1.82) is 0 Å². The average Bonchev–Trinajstić information content (AvgIpc) is 1.63. The number of hydrogen-bond donors (Lipinski definition) is 2. The fraction of sp³-hybridized carbons (Fsp3) is 0.500. The molecule has 0 aromatic rings. The maximum Gasteiger partial charge on any atom is 0.329 e. The summed E-state index contributed by atoms with van der Waals surface area (Å²) in [6.45, 7) is -1.13. The Bertz CT molecular complexity index is 109. The molecule has 6 heteroatoms. The third kappa shape index (κ3) is 10.1. The first-order valence-electron chi connectivity index (χ1n) is 2.14. The third-order valence-electron chi connectivity index (χ3n) is 0.451. The van der Waals surface area contributed by atoms with E-state index in [9.17, 15) is 9.59 Å². The summed E-state index contributed by atoms with van der Waals surface area (Å²) in [5.74, 6) is -2.34. The van der Waals surface area contributed by atoms with E-state index in [2.05, 4.69) is 4.74 Å². The normalized spacial score (nSPS) is 8.00. The zero-order valence-electron chi connectivity index (χ0n) is 5.11. The van der Waals surface area contributed by atoms with Gasteiger partial charge >= 0.3 is 11.9 Å². The second-order valence-electron chi connectivity index (χ2n) is 1.28. The van der Waals surface area contributed by atoms with Crippen LogP contribution in [0.1, 0.15) is 0 Å². The van der Waals surface area contributed by atoms with Crippen LogP contribution in [0, 0.1) is 0 Å². The molecule has 10 heavy (non-hydrogen) atoms. The van der Waals surface area contributed by atoms with Gasteiger partial charge in [0.05, 0.1) is 0 Å². The van der Waals surface area contributed by atoms with Gasteiger partial charge in [0.2, 0.25) is 0 Å². The van der Waals surface area contributed by atoms with Crippen molar-refractivity contribution < 1.29 is 24.5 Å². The van der Waals surface area contributed by atoms with Gasteiger partial charge in [-0.3, -0.25) is 0 Å². The van der Waals surface area contributed by atoms with E-state index < -0.39 is 25.2 Å². The Hall–Kier alpha value is -1.04. The van der Waals surface area contributed by atoms with Gasteiger partial charge < -0.3 is 14.9 Å². The summed E-state index contributed by atoms with van der Waals surface area (Å²) in [5, 5.41) is 15.8. The molecule has 0 heterocycles. The van der Waals surface area contributed by atoms with Crippen molar-refractivity contribution >= 4 is 20.4 Å². The monoisotopic (exact) mass is 145 g/mol. The summed E-state index contributed by atoms with van der Waals surface area (Å²) in [6, 6.07) is 0. The summed E-state index contributed by atoms with van der Waals surface area (Å²) < 4.78 is 4.16. The highest BCUT2D eigenvalue weighted by molar-refractivity contribution is 5.75. The zero-order valence-corrected chi connectivity index (χ0v) is 5.11. The van der Waals surface area contributed by atoms with E-state index in [1.165, 1.54) is 0 Å². The van der Waals surface area contributed by atoms with Crippen molar-refractivity contribution in [3.05, 3.63) is 0 Å². The van der Waals surface area contributed by atoms with E-state index in [1.807, 2.05) is 0 Å². The van der Waals surface area contributed by atoms with Gasteiger partial charge in [-0.15, -0.1) is 0 Å². The molecule has 0 aliphatic carbocycles. The van der Waals surface area contributed by atoms with Crippen LogP contribution in [0.4, 0.5) is 0 Å². The SMILES string of the molecule is O=C(O)COCC(=O)O.[B]. The molecule has 0 atom stereocenters. The Labute approximate surface area is 59.2 Å². The van der Waals surface area contributed by atoms with Gasteiger partial charge in [0.1, 0.15) is 13.2 Å². The molecule has 2 N–H and O–H groups in total. The first-order valence-corrected chi connectivity index (χ1v) is 2.14. The van der Waals surface area contributed by atoms with Crippen LogP contribution >= 0.6 is 0 Å². The van der Waals surface area contributed by atoms with Crippen LogP contribution in [0.3, 0.4) is 0 Å². The number of carbonyl (C=O) groups is 2. The van der Waals surface area contributed by atoms with Gasteiger partial charge in [0.15, 0.2) is 0 Å². The summed E-state index contributed by atoms with van der Waals surface area (Å²) in [4.78, 5) is 19.3. The van der Waals surface area contributed by atoms with E-state index in [0.29, 0.717) is 0 Å². The lowest BCUT2D eigenvalue weighted by Crippen LogP contribution is -2.13. The topological polar surface area (TPSA) is 83.8 Å². The maximum absolute atomic E-state index is 9.66. The Balaban J connectivity index is 0. The smallest absolute Gasteiger partial charge is 0.329 e. The van der Waals surface area contributed by atoms with E-state index in [-0.39, 0.29) is 8.41 Å². The van der Waals surface area contributed by atoms with E-state index in [0.717, 1.165) is 0 Å². The van der Waals surface area contributed by atoms with Crippen LogP contribution < -0.4 is 0 Å². The molecule has 55 valence electrons. The first-order chi connectivity index (χ1) is 4.13. The van der Waals surface area contributed by atoms with Crippen molar-refractivity contribution in [2.45, 2.75) is 0 Å². The Morgan fingerprint density at radius 1 is 1.10 bits per heavy atom. The lowest BCUT2D eigenvalue weighted by molar-refractivity contribution is -0.148. The van der Waals surface area contributed by atoms with Crippen molar-refractivity contribution in [3.63, 3.8) is 0 Å². The molecule has 0 spiro atoms. The Morgan fingerprint density at radius 3 is 1.60 bits per heavy atom. The molecule has 0 aromatic heterocycles. The molecule has 0 saturated carbocycles. The molecule has 0 aliphatic rings. The van der Waals surface area contributed by atoms with Gasteiger partial charge in [-0.25, -0.2) is 9.59 Å². The molecule has 0 unspecified atom stereocenters. The standard InChI is InChI=1S/C4H6O5.B/c5-3(6)1-9-2-4(7)8;/h1-2H2,(H,5,6)(H,7,8);. The molecule has 0 rings (SSSR count). The predicted octanol–water partition coefficient (Wildman–Crippen LogP) is -1.21. The molecular weight excluding hydrogens is 139 g/mol. The second-order valence-corrected chi connectivity index (χ2v) is 1.28. The summed E-state index contributed by atoms with van der Waals surface area (Å²) in [7, 11) is 0. The van der Waals surface area contributed by atoms with Crippen LogP contribution in [-0.4, -0.2) is 43.8 Å². The van der Waals surface area contributed by atoms with Crippen LogP contribution in [-0.2, 0) is 14.3 Å². The summed E-state index contributed by atoms with van der Waals surface area (Å²) >= 11 is 0. The molecule has 0 amide bonds. The van der Waals surface area contributed by atoms with Crippen molar-refractivity contribution in [3.8, 4) is 0 Å². The van der Waals surface area contributed by atoms with E-state index in [4.69, 9.17) is 10.2 Å². The highest BCUT2D eigenvalue weighted by atomic mass is 16.5. The maximum atomic E-state index is 9.66. The van der Waals surface area contributed by atoms with Crippen molar-refractivity contribution in [2.24, 2.45) is 0 Å². The van der Waals surface area contributed by atoms with Crippen LogP contribution in [0.2, 0.25) is 0 Å². The fourth-order valence-electron chi connectivity index (χ4n) is 0.226. The second kappa shape index (κ2) is 6.09. The fourth-order valence-corrected chi connectivity index (χ4v) is 0.226. The zero-order chi connectivity index (χ0) is 7.28. The number of carboxylic acid groups (broad SMARTS) is 2. The minimum atomic E-state index is -1.17. The quantitative estimate of drug-likeness (QED) is 0.485. The number of rotatable bonds is 4. The lowest BCUT2D eigenvalue weighted by atomic mass is 10.7. The van der Waals surface area contributed by atoms with Gasteiger partial charge in [0.25, 0.3) is 0 Å². The molecule has 3 radical (unpaired) electrons. The molecule has 0 bridgehead atoms. The first kappa shape index (κ1) is 11.7. The van der Waals surface area contributed by atoms with Gasteiger partial charge in [-0.05, 0) is 0 Å². The number of carboxylic acids is 2. The Kier molecular flexibility index (Phi) is 7.14. The largest absolute Gasteiger partial charge is 0.480 e. The van der Waals surface area contributed by atoms with Crippen LogP contribution in [0.25, 0.3) is 0 Å². The van der Waals surface area contributed by atoms with E-state index >= 15 is 0 Å². The molecule has 0 fully saturated rings. The van der Waals surface area contributed by atoms with Crippen molar-refractivity contribution in [1.82, 2.24) is 0 Å². The minimum Gasteiger partial charge on any atom is -0.480 e. The Morgan fingerprint density at radius 2 is 1.40 bits per heavy atom. The van der Waals surface area contributed by atoms with Gasteiger partial charge in [0, 0.05) is 8.41 Å². The van der Waals surface area contributed by atoms with Gasteiger partial charge in [-0.2, -0.15) is 0 Å². The predicted molar refractivity (Wildman–Crippen MR) is 31.8 cm³/mol. The lowest BCUT2D eigenvalue weighted by Gasteiger charge is -1.92. The number of hydrogen-bond acceptors (Lipinski definition) is 3. The molecule has 5 nitrogen and oxygen atoms in total.